The van der Waals surface area contributed by atoms with Crippen molar-refractivity contribution in [3.8, 4) is 28.0 Å². The average molecular weight is 727 g/mol. The number of benzene rings is 3. The second-order valence-corrected chi connectivity index (χ2v) is 11.7. The van der Waals surface area contributed by atoms with E-state index in [0.717, 1.165) is 23.1 Å². The number of cyclic esters (lactones) is 1. The number of hydrogen-bond acceptors (Lipinski definition) is 5. The van der Waals surface area contributed by atoms with Gasteiger partial charge in [0.25, 0.3) is 0 Å². The number of halogens is 9. The molecule has 0 saturated carbocycles. The molecule has 1 saturated heterocycles. The van der Waals surface area contributed by atoms with Crippen molar-refractivity contribution in [2.24, 2.45) is 0 Å². The number of ether oxygens (including phenoxy) is 2. The quantitative estimate of drug-likeness (QED) is 0.182. The molecule has 0 spiro atoms. The minimum atomic E-state index is -5.17. The highest BCUT2D eigenvalue weighted by Gasteiger charge is 2.45. The van der Waals surface area contributed by atoms with E-state index in [4.69, 9.17) is 9.47 Å². The van der Waals surface area contributed by atoms with E-state index in [0.29, 0.717) is 29.0 Å². The summed E-state index contributed by atoms with van der Waals surface area (Å²) in [4.78, 5) is 29.7. The Morgan fingerprint density at radius 1 is 0.824 bits per heavy atom. The lowest BCUT2D eigenvalue weighted by Crippen LogP contribution is -2.33. The van der Waals surface area contributed by atoms with Crippen LogP contribution in [0.25, 0.3) is 22.3 Å². The SMILES string of the molecule is CC[C@H]1[C@@H](c2cc(C(F)(F)F)cc(C(F)(F)F)c2)OC(=O)N1Cc1cc(C(F)(F)F)ccc1-c1cc(-c2ccc(C(=O)O)nc2C)ccc1OC. The van der Waals surface area contributed by atoms with Crippen molar-refractivity contribution in [2.75, 3.05) is 7.11 Å². The Morgan fingerprint density at radius 3 is 1.96 bits per heavy atom. The Hall–Kier alpha value is -5.28. The first-order valence-corrected chi connectivity index (χ1v) is 15.1. The standard InChI is InChI=1S/C35H27F9N2O5/c1-4-28-30(19-11-22(34(39,40)41)15-23(12-19)35(42,43)44)51-32(49)46(28)16-20-13-21(33(36,37)38)6-7-25(20)26-14-18(5-10-29(26)50-3)24-8-9-27(31(47)48)45-17(24)2/h5-15,28,30H,4,16H2,1-3H3,(H,47,48)/t28-,30+/m0/s1. The van der Waals surface area contributed by atoms with Gasteiger partial charge in [-0.15, -0.1) is 0 Å². The van der Waals surface area contributed by atoms with E-state index >= 15 is 0 Å². The lowest BCUT2D eigenvalue weighted by atomic mass is 9.92. The summed E-state index contributed by atoms with van der Waals surface area (Å²) in [6.45, 7) is 2.48. The smallest absolute Gasteiger partial charge is 0.416 e. The Morgan fingerprint density at radius 2 is 1.43 bits per heavy atom. The molecular weight excluding hydrogens is 699 g/mol. The first-order valence-electron chi connectivity index (χ1n) is 15.1. The number of nitrogens with zero attached hydrogens (tertiary/aromatic N) is 2. The maximum Gasteiger partial charge on any atom is 0.416 e. The fraction of sp³-hybridized carbons (Fsp3) is 0.286. The zero-order valence-corrected chi connectivity index (χ0v) is 26.8. The lowest BCUT2D eigenvalue weighted by Gasteiger charge is -2.26. The van der Waals surface area contributed by atoms with E-state index in [-0.39, 0.29) is 40.6 Å². The van der Waals surface area contributed by atoms with Crippen LogP contribution in [0.1, 0.15) is 63.4 Å². The fourth-order valence-corrected chi connectivity index (χ4v) is 6.02. The predicted molar refractivity (Wildman–Crippen MR) is 164 cm³/mol. The van der Waals surface area contributed by atoms with Crippen LogP contribution in [0.4, 0.5) is 44.3 Å². The number of aromatic carboxylic acids is 1. The molecule has 2 heterocycles. The number of alkyl halides is 9. The van der Waals surface area contributed by atoms with Crippen LogP contribution >= 0.6 is 0 Å². The molecular formula is C35H27F9N2O5. The summed E-state index contributed by atoms with van der Waals surface area (Å²) < 4.78 is 135. The number of aromatic nitrogens is 1. The highest BCUT2D eigenvalue weighted by atomic mass is 19.4. The van der Waals surface area contributed by atoms with Crippen molar-refractivity contribution in [3.63, 3.8) is 0 Å². The molecule has 3 aromatic carbocycles. The number of carboxylic acids is 1. The van der Waals surface area contributed by atoms with Crippen molar-refractivity contribution in [1.82, 2.24) is 9.88 Å². The van der Waals surface area contributed by atoms with Crippen LogP contribution in [-0.4, -0.2) is 40.2 Å². The summed E-state index contributed by atoms with van der Waals surface area (Å²) in [6, 6.07) is 9.91. The number of hydrogen-bond donors (Lipinski definition) is 1. The molecule has 1 aliphatic rings. The molecule has 0 unspecified atom stereocenters. The molecule has 2 atom stereocenters. The topological polar surface area (TPSA) is 89.0 Å². The number of methoxy groups -OCH3 is 1. The minimum Gasteiger partial charge on any atom is -0.496 e. The molecule has 7 nitrogen and oxygen atoms in total. The highest BCUT2D eigenvalue weighted by molar-refractivity contribution is 5.87. The third-order valence-corrected chi connectivity index (χ3v) is 8.45. The zero-order chi connectivity index (χ0) is 37.6. The summed E-state index contributed by atoms with van der Waals surface area (Å²) in [6.07, 6.45) is -18.0. The van der Waals surface area contributed by atoms with Gasteiger partial charge in [-0.25, -0.2) is 14.6 Å². The molecule has 5 rings (SSSR count). The average Bonchev–Trinajstić information content (AvgIpc) is 3.37. The van der Waals surface area contributed by atoms with Gasteiger partial charge in [0.2, 0.25) is 0 Å². The van der Waals surface area contributed by atoms with Gasteiger partial charge in [-0.1, -0.05) is 25.1 Å². The van der Waals surface area contributed by atoms with Crippen LogP contribution in [0.5, 0.6) is 5.75 Å². The molecule has 1 amide bonds. The van der Waals surface area contributed by atoms with E-state index in [9.17, 15) is 54.2 Å². The van der Waals surface area contributed by atoms with Crippen LogP contribution in [0.2, 0.25) is 0 Å². The van der Waals surface area contributed by atoms with E-state index in [1.54, 1.807) is 19.1 Å². The monoisotopic (exact) mass is 726 g/mol. The molecule has 16 heteroatoms. The Kier molecular flexibility index (Phi) is 9.75. The summed E-state index contributed by atoms with van der Waals surface area (Å²) in [5.74, 6) is -1.05. The molecule has 1 aliphatic heterocycles. The number of carbonyl (C=O) groups excluding carboxylic acids is 1. The van der Waals surface area contributed by atoms with Crippen molar-refractivity contribution < 1.29 is 63.7 Å². The van der Waals surface area contributed by atoms with Crippen LogP contribution < -0.4 is 4.74 Å². The summed E-state index contributed by atoms with van der Waals surface area (Å²) >= 11 is 0. The third-order valence-electron chi connectivity index (χ3n) is 8.45. The van der Waals surface area contributed by atoms with Crippen LogP contribution in [0.15, 0.2) is 66.7 Å². The van der Waals surface area contributed by atoms with Gasteiger partial charge in [0, 0.05) is 16.8 Å². The molecule has 1 N–H and O–H groups in total. The van der Waals surface area contributed by atoms with Crippen molar-refractivity contribution in [2.45, 2.75) is 57.5 Å². The van der Waals surface area contributed by atoms with Gasteiger partial charge in [0.1, 0.15) is 17.5 Å². The van der Waals surface area contributed by atoms with E-state index in [1.807, 2.05) is 0 Å². The Balaban J connectivity index is 1.62. The first kappa shape index (κ1) is 37.0. The minimum absolute atomic E-state index is 0.0558. The second-order valence-electron chi connectivity index (χ2n) is 11.7. The Bertz CT molecular complexity index is 1960. The molecule has 1 fully saturated rings. The summed E-state index contributed by atoms with van der Waals surface area (Å²) in [5, 5.41) is 9.30. The summed E-state index contributed by atoms with van der Waals surface area (Å²) in [5.41, 5.74) is -3.50. The maximum absolute atomic E-state index is 14.0. The van der Waals surface area contributed by atoms with E-state index in [2.05, 4.69) is 4.98 Å². The lowest BCUT2D eigenvalue weighted by molar-refractivity contribution is -0.143. The molecule has 0 bridgehead atoms. The Labute approximate surface area is 284 Å². The molecule has 1 aromatic heterocycles. The van der Waals surface area contributed by atoms with Crippen LogP contribution in [-0.2, 0) is 29.8 Å². The maximum atomic E-state index is 14.0. The van der Waals surface area contributed by atoms with Gasteiger partial charge < -0.3 is 14.6 Å². The van der Waals surface area contributed by atoms with Gasteiger partial charge in [-0.2, -0.15) is 39.5 Å². The van der Waals surface area contributed by atoms with E-state index in [1.165, 1.54) is 32.2 Å². The zero-order valence-electron chi connectivity index (χ0n) is 26.8. The number of pyridine rings is 1. The first-order chi connectivity index (χ1) is 23.7. The molecule has 0 radical (unpaired) electrons. The van der Waals surface area contributed by atoms with Crippen molar-refractivity contribution >= 4 is 12.1 Å². The largest absolute Gasteiger partial charge is 0.496 e. The number of carbonyl (C=O) groups is 2. The fourth-order valence-electron chi connectivity index (χ4n) is 6.02. The van der Waals surface area contributed by atoms with Gasteiger partial charge in [-0.3, -0.25) is 4.90 Å². The van der Waals surface area contributed by atoms with Crippen LogP contribution in [0.3, 0.4) is 0 Å². The van der Waals surface area contributed by atoms with Gasteiger partial charge in [0.15, 0.2) is 0 Å². The van der Waals surface area contributed by atoms with E-state index < -0.39 is 71.5 Å². The predicted octanol–water partition coefficient (Wildman–Crippen LogP) is 9.96. The molecule has 270 valence electrons. The van der Waals surface area contributed by atoms with Crippen LogP contribution in [0, 0.1) is 6.92 Å². The third kappa shape index (κ3) is 7.59. The summed E-state index contributed by atoms with van der Waals surface area (Å²) in [7, 11) is 1.32. The second kappa shape index (κ2) is 13.5. The molecule has 51 heavy (non-hydrogen) atoms. The highest BCUT2D eigenvalue weighted by Crippen LogP contribution is 2.44. The number of rotatable bonds is 8. The molecule has 0 aliphatic carbocycles. The van der Waals surface area contributed by atoms with Gasteiger partial charge in [0.05, 0.1) is 36.4 Å². The van der Waals surface area contributed by atoms with Crippen molar-refractivity contribution in [3.05, 3.63) is 106 Å². The normalized spacial score (nSPS) is 16.7. The number of carboxylic acid groups (broad SMARTS) is 1. The van der Waals surface area contributed by atoms with Gasteiger partial charge in [-0.05, 0) is 84.1 Å². The molecule has 4 aromatic rings. The van der Waals surface area contributed by atoms with Gasteiger partial charge >= 0.3 is 30.6 Å². The number of aryl methyl sites for hydroxylation is 1. The number of amides is 1. The van der Waals surface area contributed by atoms with Crippen molar-refractivity contribution in [1.29, 1.82) is 0 Å².